The molecule has 29 heavy (non-hydrogen) atoms. The molecule has 3 N–H and O–H groups in total. The highest BCUT2D eigenvalue weighted by molar-refractivity contribution is 9.10. The first-order valence-electron chi connectivity index (χ1n) is 8.62. The minimum atomic E-state index is -0.807. The number of anilines is 1. The van der Waals surface area contributed by atoms with Crippen LogP contribution in [0.15, 0.2) is 46.9 Å². The number of hydrogen-bond acceptors (Lipinski definition) is 5. The summed E-state index contributed by atoms with van der Waals surface area (Å²) in [5.41, 5.74) is 2.97. The summed E-state index contributed by atoms with van der Waals surface area (Å²) in [5, 5.41) is 6.96. The first kappa shape index (κ1) is 22.1. The lowest BCUT2D eigenvalue weighted by molar-refractivity contribution is -0.147. The van der Waals surface area contributed by atoms with Crippen molar-refractivity contribution < 1.29 is 23.9 Å². The van der Waals surface area contributed by atoms with E-state index >= 15 is 0 Å². The Bertz CT molecular complexity index is 945. The minimum Gasteiger partial charge on any atom is -0.454 e. The van der Waals surface area contributed by atoms with Gasteiger partial charge in [-0.3, -0.25) is 19.7 Å². The summed E-state index contributed by atoms with van der Waals surface area (Å²) in [6, 6.07) is 11.2. The van der Waals surface area contributed by atoms with Crippen molar-refractivity contribution in [2.24, 2.45) is 0 Å². The molecule has 0 aliphatic heterocycles. The smallest absolute Gasteiger partial charge is 0.325 e. The highest BCUT2D eigenvalue weighted by Crippen LogP contribution is 2.14. The molecule has 9 heteroatoms. The van der Waals surface area contributed by atoms with E-state index in [9.17, 15) is 19.2 Å². The Morgan fingerprint density at radius 1 is 1.00 bits per heavy atom. The third kappa shape index (κ3) is 7.38. The average molecular weight is 462 g/mol. The zero-order valence-corrected chi connectivity index (χ0v) is 17.5. The first-order valence-corrected chi connectivity index (χ1v) is 9.41. The van der Waals surface area contributed by atoms with Crippen LogP contribution in [0.5, 0.6) is 0 Å². The minimum absolute atomic E-state index is 0.368. The number of aryl methyl sites for hydroxylation is 2. The Morgan fingerprint density at radius 2 is 1.76 bits per heavy atom. The van der Waals surface area contributed by atoms with E-state index in [2.05, 4.69) is 31.9 Å². The van der Waals surface area contributed by atoms with E-state index in [4.69, 9.17) is 4.74 Å². The van der Waals surface area contributed by atoms with Gasteiger partial charge in [0.25, 0.3) is 11.8 Å². The van der Waals surface area contributed by atoms with E-state index in [1.807, 2.05) is 19.9 Å². The maximum Gasteiger partial charge on any atom is 0.325 e. The van der Waals surface area contributed by atoms with Gasteiger partial charge in [0.1, 0.15) is 6.54 Å². The molecule has 0 saturated carbocycles. The molecule has 0 bridgehead atoms. The Morgan fingerprint density at radius 3 is 2.45 bits per heavy atom. The van der Waals surface area contributed by atoms with Crippen LogP contribution >= 0.6 is 15.9 Å². The monoisotopic (exact) mass is 461 g/mol. The molecule has 152 valence electrons. The van der Waals surface area contributed by atoms with Gasteiger partial charge in [0.05, 0.1) is 0 Å². The van der Waals surface area contributed by atoms with Crippen LogP contribution in [-0.2, 0) is 14.3 Å². The van der Waals surface area contributed by atoms with Gasteiger partial charge in [-0.05, 0) is 55.3 Å². The van der Waals surface area contributed by atoms with Crippen LogP contribution in [0.1, 0.15) is 21.5 Å². The predicted octanol–water partition coefficient (Wildman–Crippen LogP) is 2.69. The lowest BCUT2D eigenvalue weighted by Crippen LogP contribution is -2.38. The molecule has 2 rings (SSSR count). The molecule has 2 aromatic rings. The Labute approximate surface area is 176 Å². The van der Waals surface area contributed by atoms with Crippen molar-refractivity contribution >= 4 is 45.4 Å². The first-order chi connectivity index (χ1) is 13.7. The lowest BCUT2D eigenvalue weighted by atomic mass is 10.1. The SMILES string of the molecule is Cc1ccc(NC(=O)NC(=O)COC(=O)CNC(=O)c2cccc(Br)c2)cc1C. The van der Waals surface area contributed by atoms with E-state index in [0.717, 1.165) is 15.6 Å². The molecule has 0 aliphatic carbocycles. The number of nitrogens with one attached hydrogen (secondary N) is 3. The van der Waals surface area contributed by atoms with E-state index in [0.29, 0.717) is 11.3 Å². The molecule has 0 aromatic heterocycles. The van der Waals surface area contributed by atoms with Gasteiger partial charge < -0.3 is 15.4 Å². The van der Waals surface area contributed by atoms with E-state index in [-0.39, 0.29) is 0 Å². The normalized spacial score (nSPS) is 10.0. The summed E-state index contributed by atoms with van der Waals surface area (Å²) in [6.07, 6.45) is 0. The number of urea groups is 1. The van der Waals surface area contributed by atoms with E-state index in [1.54, 1.807) is 36.4 Å². The molecular weight excluding hydrogens is 442 g/mol. The van der Waals surface area contributed by atoms with Gasteiger partial charge in [0.15, 0.2) is 6.61 Å². The molecular formula is C20H20BrN3O5. The molecule has 0 unspecified atom stereocenters. The molecule has 0 atom stereocenters. The van der Waals surface area contributed by atoms with Gasteiger partial charge in [0.2, 0.25) is 0 Å². The number of benzene rings is 2. The molecule has 0 spiro atoms. The molecule has 2 aromatic carbocycles. The summed E-state index contributed by atoms with van der Waals surface area (Å²) < 4.78 is 5.47. The summed E-state index contributed by atoms with van der Waals surface area (Å²) in [5.74, 6) is -2.06. The topological polar surface area (TPSA) is 114 Å². The van der Waals surface area contributed by atoms with Crippen molar-refractivity contribution in [3.05, 3.63) is 63.6 Å². The maximum absolute atomic E-state index is 11.9. The van der Waals surface area contributed by atoms with E-state index in [1.165, 1.54) is 0 Å². The second kappa shape index (κ2) is 10.4. The van der Waals surface area contributed by atoms with Gasteiger partial charge in [0, 0.05) is 15.7 Å². The Hall–Kier alpha value is -3.20. The van der Waals surface area contributed by atoms with Crippen LogP contribution in [-0.4, -0.2) is 37.0 Å². The molecule has 8 nitrogen and oxygen atoms in total. The third-order valence-electron chi connectivity index (χ3n) is 3.86. The highest BCUT2D eigenvalue weighted by Gasteiger charge is 2.13. The van der Waals surface area contributed by atoms with Crippen LogP contribution in [0.4, 0.5) is 10.5 Å². The molecule has 0 aliphatic rings. The summed E-state index contributed by atoms with van der Waals surface area (Å²) >= 11 is 3.25. The summed E-state index contributed by atoms with van der Waals surface area (Å²) in [7, 11) is 0. The average Bonchev–Trinajstić information content (AvgIpc) is 2.67. The molecule has 0 fully saturated rings. The number of halogens is 1. The maximum atomic E-state index is 11.9. The standard InChI is InChI=1S/C20H20BrN3O5/c1-12-6-7-16(8-13(12)2)23-20(28)24-17(25)11-29-18(26)10-22-19(27)14-4-3-5-15(21)9-14/h3-9H,10-11H2,1-2H3,(H,22,27)(H2,23,24,25,28). The fourth-order valence-electron chi connectivity index (χ4n) is 2.23. The van der Waals surface area contributed by atoms with Gasteiger partial charge in [-0.15, -0.1) is 0 Å². The van der Waals surface area contributed by atoms with Crippen molar-refractivity contribution in [2.75, 3.05) is 18.5 Å². The second-order valence-corrected chi connectivity index (χ2v) is 7.07. The van der Waals surface area contributed by atoms with Gasteiger partial charge in [-0.2, -0.15) is 0 Å². The summed E-state index contributed by atoms with van der Waals surface area (Å²) in [6.45, 7) is 2.79. The fraction of sp³-hybridized carbons (Fsp3) is 0.200. The number of carbonyl (C=O) groups is 4. The Kier molecular flexibility index (Phi) is 7.90. The molecule has 4 amide bonds. The molecule has 0 radical (unpaired) electrons. The van der Waals surface area contributed by atoms with Crippen molar-refractivity contribution in [1.29, 1.82) is 0 Å². The van der Waals surface area contributed by atoms with Gasteiger partial charge >= 0.3 is 12.0 Å². The number of amides is 4. The largest absolute Gasteiger partial charge is 0.454 e. The van der Waals surface area contributed by atoms with Crippen LogP contribution < -0.4 is 16.0 Å². The van der Waals surface area contributed by atoms with Crippen LogP contribution in [0.3, 0.4) is 0 Å². The van der Waals surface area contributed by atoms with Gasteiger partial charge in [-0.25, -0.2) is 4.79 Å². The number of hydrogen-bond donors (Lipinski definition) is 3. The van der Waals surface area contributed by atoms with Crippen LogP contribution in [0.25, 0.3) is 0 Å². The van der Waals surface area contributed by atoms with Crippen molar-refractivity contribution in [1.82, 2.24) is 10.6 Å². The number of ether oxygens (including phenoxy) is 1. The molecule has 0 saturated heterocycles. The number of rotatable bonds is 6. The molecule has 0 heterocycles. The number of carbonyl (C=O) groups excluding carboxylic acids is 4. The Balaban J connectivity index is 1.71. The van der Waals surface area contributed by atoms with Crippen LogP contribution in [0.2, 0.25) is 0 Å². The van der Waals surface area contributed by atoms with Crippen LogP contribution in [0, 0.1) is 13.8 Å². The van der Waals surface area contributed by atoms with Gasteiger partial charge in [-0.1, -0.05) is 28.1 Å². The third-order valence-corrected chi connectivity index (χ3v) is 4.36. The predicted molar refractivity (Wildman–Crippen MR) is 111 cm³/mol. The van der Waals surface area contributed by atoms with E-state index < -0.39 is 37.0 Å². The van der Waals surface area contributed by atoms with Crippen molar-refractivity contribution in [3.8, 4) is 0 Å². The quantitative estimate of drug-likeness (QED) is 0.572. The highest BCUT2D eigenvalue weighted by atomic mass is 79.9. The zero-order chi connectivity index (χ0) is 21.4. The number of esters is 1. The fourth-order valence-corrected chi connectivity index (χ4v) is 2.62. The number of imide groups is 1. The second-order valence-electron chi connectivity index (χ2n) is 6.16. The van der Waals surface area contributed by atoms with Crippen molar-refractivity contribution in [2.45, 2.75) is 13.8 Å². The summed E-state index contributed by atoms with van der Waals surface area (Å²) in [4.78, 5) is 47.1. The lowest BCUT2D eigenvalue weighted by Gasteiger charge is -2.09. The zero-order valence-electron chi connectivity index (χ0n) is 15.9. The van der Waals surface area contributed by atoms with Crippen molar-refractivity contribution in [3.63, 3.8) is 0 Å².